The van der Waals surface area contributed by atoms with Crippen LogP contribution in [0, 0.1) is 0 Å². The van der Waals surface area contributed by atoms with Gasteiger partial charge in [0, 0.05) is 16.3 Å². The number of hydrogen-bond donors (Lipinski definition) is 2. The number of nitrogens with two attached hydrogens (primary N) is 1. The van der Waals surface area contributed by atoms with Gasteiger partial charge in [-0.1, -0.05) is 54.6 Å². The number of pyridine rings is 1. The molecule has 0 bridgehead atoms. The topological polar surface area (TPSA) is 59.1 Å². The second-order valence-electron chi connectivity index (χ2n) is 4.11. The molecule has 0 saturated heterocycles. The van der Waals surface area contributed by atoms with Gasteiger partial charge < -0.3 is 10.8 Å². The van der Waals surface area contributed by atoms with Gasteiger partial charge in [0.25, 0.3) is 0 Å². The summed E-state index contributed by atoms with van der Waals surface area (Å²) >= 11 is 0. The summed E-state index contributed by atoms with van der Waals surface area (Å²) in [5, 5.41) is 11.6. The van der Waals surface area contributed by atoms with Crippen LogP contribution in [0.25, 0.3) is 22.0 Å². The Morgan fingerprint density at radius 2 is 1.44 bits per heavy atom. The van der Waals surface area contributed by atoms with Crippen molar-refractivity contribution in [3.8, 4) is 17.0 Å². The van der Waals surface area contributed by atoms with E-state index in [1.807, 2.05) is 54.6 Å². The molecule has 3 N–H and O–H groups in total. The van der Waals surface area contributed by atoms with Gasteiger partial charge in [-0.2, -0.15) is 0 Å². The van der Waals surface area contributed by atoms with E-state index in [1.165, 1.54) is 0 Å². The summed E-state index contributed by atoms with van der Waals surface area (Å²) in [6, 6.07) is 17.4. The zero-order valence-electron chi connectivity index (χ0n) is 9.67. The SMILES string of the molecule is Nc1nc(-c2ccccc2)c2ccccc2c1O. The first kappa shape index (κ1) is 10.6. The number of aromatic hydroxyl groups is 1. The third-order valence-electron chi connectivity index (χ3n) is 2.96. The lowest BCUT2D eigenvalue weighted by molar-refractivity contribution is 0.482. The molecule has 3 aromatic rings. The first-order valence-corrected chi connectivity index (χ1v) is 5.70. The largest absolute Gasteiger partial charge is 0.504 e. The molecule has 2 aromatic carbocycles. The van der Waals surface area contributed by atoms with Crippen molar-refractivity contribution >= 4 is 16.6 Å². The van der Waals surface area contributed by atoms with E-state index in [-0.39, 0.29) is 11.6 Å². The van der Waals surface area contributed by atoms with E-state index >= 15 is 0 Å². The number of fused-ring (bicyclic) bond motifs is 1. The van der Waals surface area contributed by atoms with Crippen LogP contribution in [0.15, 0.2) is 54.6 Å². The van der Waals surface area contributed by atoms with E-state index in [0.717, 1.165) is 22.0 Å². The molecule has 1 aromatic heterocycles. The lowest BCUT2D eigenvalue weighted by Crippen LogP contribution is -1.95. The summed E-state index contributed by atoms with van der Waals surface area (Å²) in [6.07, 6.45) is 0. The minimum atomic E-state index is 0.0466. The van der Waals surface area contributed by atoms with Crippen LogP contribution in [0.1, 0.15) is 0 Å². The molecule has 0 aliphatic carbocycles. The van der Waals surface area contributed by atoms with Crippen LogP contribution < -0.4 is 5.73 Å². The van der Waals surface area contributed by atoms with Crippen molar-refractivity contribution in [1.29, 1.82) is 0 Å². The summed E-state index contributed by atoms with van der Waals surface area (Å²) < 4.78 is 0. The van der Waals surface area contributed by atoms with Crippen LogP contribution in [0.2, 0.25) is 0 Å². The maximum absolute atomic E-state index is 9.94. The summed E-state index contributed by atoms with van der Waals surface area (Å²) in [5.41, 5.74) is 7.54. The van der Waals surface area contributed by atoms with Crippen LogP contribution in [-0.4, -0.2) is 10.1 Å². The highest BCUT2D eigenvalue weighted by Gasteiger charge is 2.11. The summed E-state index contributed by atoms with van der Waals surface area (Å²) in [4.78, 5) is 4.30. The molecule has 3 nitrogen and oxygen atoms in total. The summed E-state index contributed by atoms with van der Waals surface area (Å²) in [7, 11) is 0. The van der Waals surface area contributed by atoms with Gasteiger partial charge in [-0.05, 0) is 0 Å². The minimum absolute atomic E-state index is 0.0466. The molecule has 0 atom stereocenters. The van der Waals surface area contributed by atoms with Crippen molar-refractivity contribution < 1.29 is 5.11 Å². The summed E-state index contributed by atoms with van der Waals surface area (Å²) in [5.74, 6) is 0.206. The Morgan fingerprint density at radius 3 is 2.17 bits per heavy atom. The molecule has 0 unspecified atom stereocenters. The van der Waals surface area contributed by atoms with E-state index < -0.39 is 0 Å². The zero-order valence-corrected chi connectivity index (χ0v) is 9.67. The van der Waals surface area contributed by atoms with Gasteiger partial charge in [0.1, 0.15) is 0 Å². The maximum Gasteiger partial charge on any atom is 0.167 e. The zero-order chi connectivity index (χ0) is 12.5. The quantitative estimate of drug-likeness (QED) is 0.682. The number of nitrogen functional groups attached to an aromatic ring is 1. The molecule has 0 fully saturated rings. The van der Waals surface area contributed by atoms with Crippen molar-refractivity contribution in [2.75, 3.05) is 5.73 Å². The number of benzene rings is 2. The Hall–Kier alpha value is -2.55. The van der Waals surface area contributed by atoms with Gasteiger partial charge in [-0.3, -0.25) is 0 Å². The third-order valence-corrected chi connectivity index (χ3v) is 2.96. The number of anilines is 1. The normalized spacial score (nSPS) is 10.7. The highest BCUT2D eigenvalue weighted by Crippen LogP contribution is 2.35. The van der Waals surface area contributed by atoms with Crippen molar-refractivity contribution in [2.45, 2.75) is 0 Å². The lowest BCUT2D eigenvalue weighted by atomic mass is 10.0. The number of aromatic nitrogens is 1. The van der Waals surface area contributed by atoms with Gasteiger partial charge in [-0.25, -0.2) is 4.98 Å². The Labute approximate surface area is 105 Å². The molecule has 18 heavy (non-hydrogen) atoms. The lowest BCUT2D eigenvalue weighted by Gasteiger charge is -2.09. The highest BCUT2D eigenvalue weighted by molar-refractivity contribution is 6.00. The standard InChI is InChI=1S/C15H12N2O/c16-15-14(18)12-9-5-4-8-11(12)13(17-15)10-6-2-1-3-7-10/h1-9,18H,(H2,16,17). The molecule has 0 amide bonds. The van der Waals surface area contributed by atoms with Crippen LogP contribution in [0.3, 0.4) is 0 Å². The summed E-state index contributed by atoms with van der Waals surface area (Å²) in [6.45, 7) is 0. The van der Waals surface area contributed by atoms with E-state index in [2.05, 4.69) is 4.98 Å². The smallest absolute Gasteiger partial charge is 0.167 e. The Bertz CT molecular complexity index is 708. The van der Waals surface area contributed by atoms with Crippen LogP contribution in [0.4, 0.5) is 5.82 Å². The third kappa shape index (κ3) is 1.57. The average Bonchev–Trinajstić information content (AvgIpc) is 2.44. The number of nitrogens with zero attached hydrogens (tertiary/aromatic N) is 1. The first-order valence-electron chi connectivity index (χ1n) is 5.70. The average molecular weight is 236 g/mol. The van der Waals surface area contributed by atoms with Crippen molar-refractivity contribution in [3.63, 3.8) is 0 Å². The molecule has 3 rings (SSSR count). The molecule has 0 spiro atoms. The van der Waals surface area contributed by atoms with Crippen LogP contribution in [0.5, 0.6) is 5.75 Å². The molecular weight excluding hydrogens is 224 g/mol. The monoisotopic (exact) mass is 236 g/mol. The van der Waals surface area contributed by atoms with Gasteiger partial charge in [-0.15, -0.1) is 0 Å². The Kier molecular flexibility index (Phi) is 2.38. The molecule has 3 heteroatoms. The number of rotatable bonds is 1. The van der Waals surface area contributed by atoms with Crippen LogP contribution in [-0.2, 0) is 0 Å². The van der Waals surface area contributed by atoms with E-state index in [4.69, 9.17) is 5.73 Å². The fourth-order valence-electron chi connectivity index (χ4n) is 2.08. The van der Waals surface area contributed by atoms with E-state index in [9.17, 15) is 5.11 Å². The fourth-order valence-corrected chi connectivity index (χ4v) is 2.08. The van der Waals surface area contributed by atoms with E-state index in [0.29, 0.717) is 0 Å². The molecule has 0 saturated carbocycles. The van der Waals surface area contributed by atoms with Gasteiger partial charge in [0.05, 0.1) is 5.69 Å². The molecule has 0 radical (unpaired) electrons. The predicted molar refractivity (Wildman–Crippen MR) is 73.3 cm³/mol. The Morgan fingerprint density at radius 1 is 0.833 bits per heavy atom. The predicted octanol–water partition coefficient (Wildman–Crippen LogP) is 3.19. The minimum Gasteiger partial charge on any atom is -0.504 e. The maximum atomic E-state index is 9.94. The molecular formula is C15H12N2O. The van der Waals surface area contributed by atoms with Gasteiger partial charge in [0.2, 0.25) is 0 Å². The van der Waals surface area contributed by atoms with Crippen molar-refractivity contribution in [1.82, 2.24) is 4.98 Å². The highest BCUT2D eigenvalue weighted by atomic mass is 16.3. The molecule has 88 valence electrons. The van der Waals surface area contributed by atoms with Crippen molar-refractivity contribution in [3.05, 3.63) is 54.6 Å². The van der Waals surface area contributed by atoms with Gasteiger partial charge in [0.15, 0.2) is 11.6 Å². The Balaban J connectivity index is 2.40. The number of hydrogen-bond acceptors (Lipinski definition) is 3. The van der Waals surface area contributed by atoms with Gasteiger partial charge >= 0.3 is 0 Å². The first-order chi connectivity index (χ1) is 8.77. The molecule has 0 aliphatic rings. The van der Waals surface area contributed by atoms with Crippen molar-refractivity contribution in [2.24, 2.45) is 0 Å². The fraction of sp³-hybridized carbons (Fsp3) is 0. The molecule has 0 aliphatic heterocycles. The van der Waals surface area contributed by atoms with E-state index in [1.54, 1.807) is 0 Å². The molecule has 1 heterocycles. The second-order valence-corrected chi connectivity index (χ2v) is 4.11. The second kappa shape index (κ2) is 4.04. The van der Waals surface area contributed by atoms with Crippen LogP contribution >= 0.6 is 0 Å².